The highest BCUT2D eigenvalue weighted by atomic mass is 19.3. The van der Waals surface area contributed by atoms with Crippen molar-refractivity contribution in [1.29, 1.82) is 0 Å². The zero-order chi connectivity index (χ0) is 28.0. The van der Waals surface area contributed by atoms with E-state index < -0.39 is 18.4 Å². The number of aryl methyl sites for hydroxylation is 2. The second-order valence-corrected chi connectivity index (χ2v) is 10.4. The third kappa shape index (κ3) is 8.36. The highest BCUT2D eigenvalue weighted by Gasteiger charge is 2.30. The lowest BCUT2D eigenvalue weighted by Crippen LogP contribution is -2.44. The van der Waals surface area contributed by atoms with Crippen LogP contribution in [0.4, 0.5) is 8.78 Å². The zero-order valence-electron chi connectivity index (χ0n) is 22.5. The van der Waals surface area contributed by atoms with Gasteiger partial charge in [0.25, 0.3) is 17.7 Å². The lowest BCUT2D eigenvalue weighted by atomic mass is 9.94. The molecular weight excluding hydrogens is 506 g/mol. The molecule has 1 aromatic carbocycles. The van der Waals surface area contributed by atoms with Gasteiger partial charge in [0.2, 0.25) is 0 Å². The minimum atomic E-state index is -2.90. The van der Waals surface area contributed by atoms with Crippen molar-refractivity contribution in [3.05, 3.63) is 59.2 Å². The molecule has 9 nitrogen and oxygen atoms in total. The normalized spacial score (nSPS) is 18.8. The summed E-state index contributed by atoms with van der Waals surface area (Å²) < 4.78 is 33.0. The largest absolute Gasteiger partial charge is 0.487 e. The van der Waals surface area contributed by atoms with E-state index in [1.807, 2.05) is 6.07 Å². The van der Waals surface area contributed by atoms with E-state index in [0.717, 1.165) is 18.9 Å². The molecule has 1 saturated carbocycles. The van der Waals surface area contributed by atoms with Crippen molar-refractivity contribution in [2.75, 3.05) is 13.2 Å². The Morgan fingerprint density at radius 1 is 1.31 bits per heavy atom. The molecule has 2 fully saturated rings. The second kappa shape index (κ2) is 12.4. The first-order chi connectivity index (χ1) is 18.6. The molecule has 0 radical (unpaired) electrons. The molecule has 2 aliphatic rings. The molecule has 2 amide bonds. The summed E-state index contributed by atoms with van der Waals surface area (Å²) >= 11 is 0. The van der Waals surface area contributed by atoms with Gasteiger partial charge in [-0.15, -0.1) is 0 Å². The Hall–Kier alpha value is -3.76. The first-order valence-electron chi connectivity index (χ1n) is 13.3. The number of carbonyl (C=O) groups excluding carboxylic acids is 2. The van der Waals surface area contributed by atoms with Gasteiger partial charge in [0, 0.05) is 39.5 Å². The second-order valence-electron chi connectivity index (χ2n) is 10.4. The summed E-state index contributed by atoms with van der Waals surface area (Å²) in [5, 5.41) is 15.8. The summed E-state index contributed by atoms with van der Waals surface area (Å²) in [7, 11) is 1.73. The fourth-order valence-corrected chi connectivity index (χ4v) is 4.53. The molecule has 1 aliphatic heterocycles. The predicted molar refractivity (Wildman–Crippen MR) is 143 cm³/mol. The van der Waals surface area contributed by atoms with Gasteiger partial charge in [0.05, 0.1) is 5.57 Å². The third-order valence-corrected chi connectivity index (χ3v) is 6.86. The highest BCUT2D eigenvalue weighted by molar-refractivity contribution is 5.98. The van der Waals surface area contributed by atoms with Crippen LogP contribution in [0, 0.1) is 5.92 Å². The summed E-state index contributed by atoms with van der Waals surface area (Å²) in [5.74, 6) is -2.21. The molecule has 2 N–H and O–H groups in total. The fourth-order valence-electron chi connectivity index (χ4n) is 4.53. The van der Waals surface area contributed by atoms with Crippen molar-refractivity contribution < 1.29 is 23.1 Å². The molecule has 0 bridgehead atoms. The molecule has 0 spiro atoms. The maximum absolute atomic E-state index is 13.3. The van der Waals surface area contributed by atoms with E-state index in [-0.39, 0.29) is 17.6 Å². The molecule has 39 heavy (non-hydrogen) atoms. The van der Waals surface area contributed by atoms with Gasteiger partial charge in [-0.05, 0) is 61.8 Å². The van der Waals surface area contributed by atoms with Crippen molar-refractivity contribution in [1.82, 2.24) is 25.4 Å². The van der Waals surface area contributed by atoms with Crippen molar-refractivity contribution in [3.63, 3.8) is 0 Å². The number of piperidine rings is 1. The average Bonchev–Trinajstić information content (AvgIpc) is 3.63. The van der Waals surface area contributed by atoms with E-state index in [1.54, 1.807) is 42.5 Å². The number of hydrazone groups is 1. The maximum atomic E-state index is 13.3. The summed E-state index contributed by atoms with van der Waals surface area (Å²) in [6.45, 7) is 4.37. The SMILES string of the molecule is C=NN(CCC1CC1)/C(NC(=O)c1ccn(C)n1)=C1\CC[C@H](CCc2cccc(OCC(C)(F)F)c2)NC1=O. The minimum absolute atomic E-state index is 0.0739. The molecule has 1 aliphatic carbocycles. The first-order valence-corrected chi connectivity index (χ1v) is 13.3. The number of alkyl halides is 2. The first kappa shape index (κ1) is 28.3. The van der Waals surface area contributed by atoms with Gasteiger partial charge in [-0.1, -0.05) is 25.0 Å². The smallest absolute Gasteiger partial charge is 0.278 e. The van der Waals surface area contributed by atoms with Crippen molar-refractivity contribution in [2.45, 2.75) is 63.8 Å². The van der Waals surface area contributed by atoms with Gasteiger partial charge in [-0.25, -0.2) is 13.8 Å². The van der Waals surface area contributed by atoms with Crippen LogP contribution in [0.25, 0.3) is 0 Å². The Labute approximate surface area is 227 Å². The summed E-state index contributed by atoms with van der Waals surface area (Å²) in [6.07, 6.45) is 7.39. The van der Waals surface area contributed by atoms with Gasteiger partial charge in [0.1, 0.15) is 11.6 Å². The molecular formula is C28H36F2N6O3. The number of hydrogen-bond acceptors (Lipinski definition) is 6. The number of carbonyl (C=O) groups is 2. The van der Waals surface area contributed by atoms with Gasteiger partial charge >= 0.3 is 0 Å². The molecule has 1 saturated heterocycles. The van der Waals surface area contributed by atoms with Crippen LogP contribution in [0.15, 0.2) is 53.0 Å². The van der Waals surface area contributed by atoms with Crippen LogP contribution in [-0.4, -0.2) is 58.4 Å². The van der Waals surface area contributed by atoms with Crippen LogP contribution in [0.5, 0.6) is 5.75 Å². The van der Waals surface area contributed by atoms with Gasteiger partial charge in [-0.2, -0.15) is 10.2 Å². The Bertz CT molecular complexity index is 1220. The van der Waals surface area contributed by atoms with Crippen LogP contribution in [0.3, 0.4) is 0 Å². The topological polar surface area (TPSA) is 101 Å². The van der Waals surface area contributed by atoms with Gasteiger partial charge in [-0.3, -0.25) is 14.3 Å². The highest BCUT2D eigenvalue weighted by Crippen LogP contribution is 2.33. The maximum Gasteiger partial charge on any atom is 0.278 e. The quantitative estimate of drug-likeness (QED) is 0.226. The monoisotopic (exact) mass is 542 g/mol. The third-order valence-electron chi connectivity index (χ3n) is 6.86. The van der Waals surface area contributed by atoms with Gasteiger partial charge in [0.15, 0.2) is 12.3 Å². The molecule has 2 heterocycles. The van der Waals surface area contributed by atoms with E-state index in [2.05, 4.69) is 27.6 Å². The standard InChI is InChI=1S/C28H36F2N6O3/c1-28(29,30)18-39-22-6-4-5-20(17-22)9-10-21-11-12-23(26(37)32-21)25(36(31-2)16-13-19-7-8-19)33-27(38)24-14-15-35(3)34-24/h4-6,14-15,17,19,21H,2,7-13,16,18H2,1,3H3,(H,32,37)(H,33,38)/b25-23+/t21-/m0/s1. The number of rotatable bonds is 13. The Kier molecular flexibility index (Phi) is 8.98. The number of amides is 2. The van der Waals surface area contributed by atoms with Gasteiger partial charge < -0.3 is 15.4 Å². The molecule has 11 heteroatoms. The predicted octanol–water partition coefficient (Wildman–Crippen LogP) is 4.02. The number of nitrogens with one attached hydrogen (secondary N) is 2. The lowest BCUT2D eigenvalue weighted by molar-refractivity contribution is -0.119. The summed E-state index contributed by atoms with van der Waals surface area (Å²) in [5.41, 5.74) is 1.63. The lowest BCUT2D eigenvalue weighted by Gasteiger charge is -2.30. The number of nitrogens with zero attached hydrogens (tertiary/aromatic N) is 4. The minimum Gasteiger partial charge on any atom is -0.487 e. The molecule has 0 unspecified atom stereocenters. The molecule has 1 aromatic heterocycles. The number of ether oxygens (including phenoxy) is 1. The molecule has 1 atom stereocenters. The summed E-state index contributed by atoms with van der Waals surface area (Å²) in [6, 6.07) is 8.62. The number of hydrogen-bond donors (Lipinski definition) is 2. The van der Waals surface area contributed by atoms with Crippen molar-refractivity contribution in [3.8, 4) is 5.75 Å². The molecule has 2 aromatic rings. The number of aromatic nitrogens is 2. The number of benzene rings is 1. The van der Waals surface area contributed by atoms with Crippen LogP contribution in [0.1, 0.15) is 61.5 Å². The fraction of sp³-hybridized carbons (Fsp3) is 0.500. The Morgan fingerprint density at radius 2 is 2.10 bits per heavy atom. The van der Waals surface area contributed by atoms with Crippen molar-refractivity contribution >= 4 is 18.5 Å². The van der Waals surface area contributed by atoms with E-state index in [1.165, 1.54) is 17.5 Å². The van der Waals surface area contributed by atoms with E-state index >= 15 is 0 Å². The molecule has 4 rings (SSSR count). The molecule has 210 valence electrons. The van der Waals surface area contributed by atoms with Crippen LogP contribution >= 0.6 is 0 Å². The van der Waals surface area contributed by atoms with Crippen LogP contribution in [-0.2, 0) is 18.3 Å². The van der Waals surface area contributed by atoms with Crippen LogP contribution in [0.2, 0.25) is 0 Å². The zero-order valence-corrected chi connectivity index (χ0v) is 22.5. The van der Waals surface area contributed by atoms with E-state index in [9.17, 15) is 18.4 Å². The van der Waals surface area contributed by atoms with E-state index in [4.69, 9.17) is 4.74 Å². The average molecular weight is 543 g/mol. The summed E-state index contributed by atoms with van der Waals surface area (Å²) in [4.78, 5) is 26.2. The van der Waals surface area contributed by atoms with E-state index in [0.29, 0.717) is 55.3 Å². The number of halogens is 2. The van der Waals surface area contributed by atoms with Crippen LogP contribution < -0.4 is 15.4 Å². The Morgan fingerprint density at radius 3 is 2.74 bits per heavy atom. The Balaban J connectivity index is 1.42. The van der Waals surface area contributed by atoms with Crippen molar-refractivity contribution in [2.24, 2.45) is 18.1 Å².